The predicted molar refractivity (Wildman–Crippen MR) is 91.1 cm³/mol. The van der Waals surface area contributed by atoms with E-state index < -0.39 is 0 Å². The van der Waals surface area contributed by atoms with Crippen molar-refractivity contribution >= 4 is 40.4 Å². The van der Waals surface area contributed by atoms with E-state index in [9.17, 15) is 4.79 Å². The first-order valence-corrected chi connectivity index (χ1v) is 7.19. The Morgan fingerprint density at radius 2 is 1.90 bits per heavy atom. The van der Waals surface area contributed by atoms with Crippen LogP contribution in [-0.2, 0) is 6.42 Å². The molecule has 3 N–H and O–H groups in total. The fraction of sp³-hybridized carbons (Fsp3) is 0.125. The van der Waals surface area contributed by atoms with Gasteiger partial charge in [0.25, 0.3) is 5.91 Å². The molecule has 0 fully saturated rings. The maximum absolute atomic E-state index is 12.2. The normalized spacial score (nSPS) is 10.2. The largest absolute Gasteiger partial charge is 0.393 e. The molecule has 3 nitrogen and oxygen atoms in total. The predicted octanol–water partition coefficient (Wildman–Crippen LogP) is 3.73. The van der Waals surface area contributed by atoms with Crippen molar-refractivity contribution in [2.75, 3.05) is 5.32 Å². The number of benzene rings is 2. The summed E-state index contributed by atoms with van der Waals surface area (Å²) in [5.41, 5.74) is 8.54. The molecule has 0 aliphatic carbocycles. The summed E-state index contributed by atoms with van der Waals surface area (Å²) >= 11 is 11.0. The van der Waals surface area contributed by atoms with Crippen molar-refractivity contribution in [3.05, 3.63) is 64.2 Å². The number of thiocarbonyl (C=S) groups is 1. The van der Waals surface area contributed by atoms with E-state index in [1.54, 1.807) is 12.1 Å². The van der Waals surface area contributed by atoms with E-state index in [1.807, 2.05) is 37.3 Å². The summed E-state index contributed by atoms with van der Waals surface area (Å²) in [6, 6.07) is 12.8. The van der Waals surface area contributed by atoms with Crippen LogP contribution >= 0.6 is 23.8 Å². The van der Waals surface area contributed by atoms with Gasteiger partial charge in [-0.2, -0.15) is 0 Å². The Balaban J connectivity index is 2.12. The van der Waals surface area contributed by atoms with Crippen LogP contribution in [0.4, 0.5) is 5.69 Å². The van der Waals surface area contributed by atoms with E-state index in [1.165, 1.54) is 0 Å². The lowest BCUT2D eigenvalue weighted by Gasteiger charge is -2.09. The quantitative estimate of drug-likeness (QED) is 0.845. The first-order valence-electron chi connectivity index (χ1n) is 6.41. The first kappa shape index (κ1) is 15.5. The zero-order valence-corrected chi connectivity index (χ0v) is 13.1. The fourth-order valence-electron chi connectivity index (χ4n) is 1.93. The number of hydrogen-bond donors (Lipinski definition) is 2. The molecule has 21 heavy (non-hydrogen) atoms. The fourth-order valence-corrected chi connectivity index (χ4v) is 2.31. The zero-order valence-electron chi connectivity index (χ0n) is 11.5. The second kappa shape index (κ2) is 6.70. The molecule has 0 spiro atoms. The molecular weight excluding hydrogens is 304 g/mol. The van der Waals surface area contributed by atoms with Crippen molar-refractivity contribution in [1.29, 1.82) is 0 Å². The molecule has 5 heteroatoms. The van der Waals surface area contributed by atoms with E-state index in [-0.39, 0.29) is 5.91 Å². The molecule has 0 saturated carbocycles. The molecule has 2 rings (SSSR count). The van der Waals surface area contributed by atoms with Crippen LogP contribution in [-0.4, -0.2) is 10.9 Å². The minimum atomic E-state index is -0.231. The lowest BCUT2D eigenvalue weighted by atomic mass is 10.1. The molecule has 1 amide bonds. The van der Waals surface area contributed by atoms with Gasteiger partial charge in [0.1, 0.15) is 0 Å². The SMILES string of the molecule is Cc1cccc(C(=O)Nc2ccc(CC(N)=S)cc2)c1Cl. The molecule has 0 atom stereocenters. The number of carbonyl (C=O) groups excluding carboxylic acids is 1. The lowest BCUT2D eigenvalue weighted by molar-refractivity contribution is 0.102. The van der Waals surface area contributed by atoms with Crippen LogP contribution in [0.25, 0.3) is 0 Å². The summed E-state index contributed by atoms with van der Waals surface area (Å²) < 4.78 is 0. The number of hydrogen-bond acceptors (Lipinski definition) is 2. The second-order valence-electron chi connectivity index (χ2n) is 4.73. The molecule has 0 aliphatic rings. The Hall–Kier alpha value is -1.91. The summed E-state index contributed by atoms with van der Waals surface area (Å²) in [5.74, 6) is -0.231. The van der Waals surface area contributed by atoms with E-state index in [2.05, 4.69) is 5.32 Å². The van der Waals surface area contributed by atoms with Gasteiger partial charge in [-0.3, -0.25) is 4.79 Å². The number of carbonyl (C=O) groups is 1. The molecule has 2 aromatic carbocycles. The maximum Gasteiger partial charge on any atom is 0.257 e. The van der Waals surface area contributed by atoms with Crippen LogP contribution in [0.15, 0.2) is 42.5 Å². The molecule has 0 aromatic heterocycles. The van der Waals surface area contributed by atoms with Gasteiger partial charge in [-0.15, -0.1) is 0 Å². The Labute approximate surface area is 134 Å². The van der Waals surface area contributed by atoms with Crippen molar-refractivity contribution < 1.29 is 4.79 Å². The monoisotopic (exact) mass is 318 g/mol. The minimum absolute atomic E-state index is 0.231. The Kier molecular flexibility index (Phi) is 4.94. The van der Waals surface area contributed by atoms with Crippen molar-refractivity contribution in [2.45, 2.75) is 13.3 Å². The minimum Gasteiger partial charge on any atom is -0.393 e. The number of nitrogens with two attached hydrogens (primary N) is 1. The summed E-state index contributed by atoms with van der Waals surface area (Å²) in [5, 5.41) is 3.29. The highest BCUT2D eigenvalue weighted by atomic mass is 35.5. The van der Waals surface area contributed by atoms with Crippen molar-refractivity contribution in [2.24, 2.45) is 5.73 Å². The van der Waals surface area contributed by atoms with Gasteiger partial charge >= 0.3 is 0 Å². The van der Waals surface area contributed by atoms with Crippen molar-refractivity contribution in [3.63, 3.8) is 0 Å². The van der Waals surface area contributed by atoms with Crippen molar-refractivity contribution in [1.82, 2.24) is 0 Å². The van der Waals surface area contributed by atoms with Gasteiger partial charge in [0.2, 0.25) is 0 Å². The van der Waals surface area contributed by atoms with E-state index >= 15 is 0 Å². The highest BCUT2D eigenvalue weighted by molar-refractivity contribution is 7.80. The lowest BCUT2D eigenvalue weighted by Crippen LogP contribution is -2.13. The summed E-state index contributed by atoms with van der Waals surface area (Å²) in [6.07, 6.45) is 0.549. The van der Waals surface area contributed by atoms with Gasteiger partial charge in [0, 0.05) is 12.1 Å². The van der Waals surface area contributed by atoms with E-state index in [4.69, 9.17) is 29.6 Å². The number of halogens is 1. The van der Waals surface area contributed by atoms with Crippen molar-refractivity contribution in [3.8, 4) is 0 Å². The molecule has 108 valence electrons. The molecule has 0 bridgehead atoms. The van der Waals surface area contributed by atoms with E-state index in [0.717, 1.165) is 11.1 Å². The van der Waals surface area contributed by atoms with Gasteiger partial charge in [-0.25, -0.2) is 0 Å². The van der Waals surface area contributed by atoms with Crippen LogP contribution in [0.3, 0.4) is 0 Å². The highest BCUT2D eigenvalue weighted by Crippen LogP contribution is 2.21. The summed E-state index contributed by atoms with van der Waals surface area (Å²) in [4.78, 5) is 12.7. The third-order valence-electron chi connectivity index (χ3n) is 3.03. The summed E-state index contributed by atoms with van der Waals surface area (Å²) in [7, 11) is 0. The number of nitrogens with one attached hydrogen (secondary N) is 1. The second-order valence-corrected chi connectivity index (χ2v) is 5.63. The molecular formula is C16H15ClN2OS. The smallest absolute Gasteiger partial charge is 0.257 e. The number of aryl methyl sites for hydroxylation is 1. The number of rotatable bonds is 4. The average molecular weight is 319 g/mol. The van der Waals surface area contributed by atoms with Crippen LogP contribution in [0.1, 0.15) is 21.5 Å². The van der Waals surface area contributed by atoms with Crippen LogP contribution < -0.4 is 11.1 Å². The Bertz CT molecular complexity index is 683. The molecule has 0 radical (unpaired) electrons. The first-order chi connectivity index (χ1) is 9.97. The zero-order chi connectivity index (χ0) is 15.4. The number of anilines is 1. The molecule has 0 saturated heterocycles. The molecule has 0 unspecified atom stereocenters. The van der Waals surface area contributed by atoms with Gasteiger partial charge in [0.15, 0.2) is 0 Å². The topological polar surface area (TPSA) is 55.1 Å². The standard InChI is InChI=1S/C16H15ClN2OS/c1-10-3-2-4-13(15(10)17)16(20)19-12-7-5-11(6-8-12)9-14(18)21/h2-8H,9H2,1H3,(H2,18,21)(H,19,20). The highest BCUT2D eigenvalue weighted by Gasteiger charge is 2.11. The van der Waals surface area contributed by atoms with Gasteiger partial charge in [-0.1, -0.05) is 48.1 Å². The third-order valence-corrected chi connectivity index (χ3v) is 3.67. The molecule has 2 aromatic rings. The van der Waals surface area contributed by atoms with Gasteiger partial charge in [-0.05, 0) is 36.2 Å². The van der Waals surface area contributed by atoms with Crippen LogP contribution in [0.5, 0.6) is 0 Å². The Morgan fingerprint density at radius 1 is 1.24 bits per heavy atom. The Morgan fingerprint density at radius 3 is 2.52 bits per heavy atom. The summed E-state index contributed by atoms with van der Waals surface area (Å²) in [6.45, 7) is 1.86. The van der Waals surface area contributed by atoms with Crippen LogP contribution in [0.2, 0.25) is 5.02 Å². The van der Waals surface area contributed by atoms with Gasteiger partial charge < -0.3 is 11.1 Å². The maximum atomic E-state index is 12.2. The molecule has 0 aliphatic heterocycles. The number of amides is 1. The third kappa shape index (κ3) is 4.03. The van der Waals surface area contributed by atoms with Crippen LogP contribution in [0, 0.1) is 6.92 Å². The average Bonchev–Trinajstić information content (AvgIpc) is 2.43. The molecule has 0 heterocycles. The van der Waals surface area contributed by atoms with E-state index in [0.29, 0.717) is 27.7 Å². The van der Waals surface area contributed by atoms with Gasteiger partial charge in [0.05, 0.1) is 15.6 Å².